The van der Waals surface area contributed by atoms with Crippen molar-refractivity contribution >= 4 is 5.91 Å². The summed E-state index contributed by atoms with van der Waals surface area (Å²) in [6, 6.07) is 4.09. The molecule has 0 radical (unpaired) electrons. The van der Waals surface area contributed by atoms with Crippen molar-refractivity contribution in [1.29, 1.82) is 0 Å². The van der Waals surface area contributed by atoms with E-state index < -0.39 is 12.5 Å². The number of hydrogen-bond donors (Lipinski definition) is 1. The number of hydrogen-bond acceptors (Lipinski definition) is 1. The molecular formula is C13H15F2NO. The zero-order valence-electron chi connectivity index (χ0n) is 9.51. The average molecular weight is 239 g/mol. The number of piperidine rings is 1. The van der Waals surface area contributed by atoms with Crippen LogP contribution < -0.4 is 5.32 Å². The molecule has 1 N–H and O–H groups in total. The summed E-state index contributed by atoms with van der Waals surface area (Å²) in [5.74, 6) is -0.528. The van der Waals surface area contributed by atoms with Gasteiger partial charge in [0.05, 0.1) is 0 Å². The molecule has 0 spiro atoms. The Morgan fingerprint density at radius 3 is 2.88 bits per heavy atom. The first kappa shape index (κ1) is 12.0. The lowest BCUT2D eigenvalue weighted by Crippen LogP contribution is -2.37. The summed E-state index contributed by atoms with van der Waals surface area (Å²) in [4.78, 5) is 11.6. The molecule has 1 amide bonds. The quantitative estimate of drug-likeness (QED) is 0.862. The van der Waals surface area contributed by atoms with Gasteiger partial charge in [-0.05, 0) is 42.5 Å². The van der Waals surface area contributed by atoms with Crippen molar-refractivity contribution in [2.24, 2.45) is 5.92 Å². The number of alkyl halides is 1. The van der Waals surface area contributed by atoms with Gasteiger partial charge in [-0.15, -0.1) is 0 Å². The van der Waals surface area contributed by atoms with Gasteiger partial charge < -0.3 is 5.32 Å². The Kier molecular flexibility index (Phi) is 3.71. The first-order chi connectivity index (χ1) is 8.20. The fourth-order valence-electron chi connectivity index (χ4n) is 2.21. The number of nitrogens with one attached hydrogen (secondary N) is 1. The van der Waals surface area contributed by atoms with E-state index in [1.165, 1.54) is 12.1 Å². The third-order valence-corrected chi connectivity index (χ3v) is 3.18. The minimum absolute atomic E-state index is 0.0189. The first-order valence-electron chi connectivity index (χ1n) is 5.81. The van der Waals surface area contributed by atoms with Crippen LogP contribution in [0.3, 0.4) is 0 Å². The van der Waals surface area contributed by atoms with Crippen LogP contribution in [0, 0.1) is 11.7 Å². The van der Waals surface area contributed by atoms with Gasteiger partial charge in [0, 0.05) is 12.5 Å². The van der Waals surface area contributed by atoms with Gasteiger partial charge in [0.15, 0.2) is 0 Å². The van der Waals surface area contributed by atoms with Gasteiger partial charge in [-0.25, -0.2) is 8.78 Å². The molecule has 0 saturated carbocycles. The van der Waals surface area contributed by atoms with Crippen LogP contribution >= 0.6 is 0 Å². The first-order valence-corrected chi connectivity index (χ1v) is 5.81. The molecule has 92 valence electrons. The Morgan fingerprint density at radius 2 is 2.18 bits per heavy atom. The van der Waals surface area contributed by atoms with E-state index in [0.717, 1.165) is 18.4 Å². The van der Waals surface area contributed by atoms with Gasteiger partial charge in [-0.1, -0.05) is 6.07 Å². The van der Waals surface area contributed by atoms with E-state index in [1.807, 2.05) is 0 Å². The van der Waals surface area contributed by atoms with Gasteiger partial charge in [0.1, 0.15) is 12.5 Å². The third-order valence-electron chi connectivity index (χ3n) is 3.18. The Morgan fingerprint density at radius 1 is 1.35 bits per heavy atom. The molecule has 1 aliphatic rings. The zero-order chi connectivity index (χ0) is 12.3. The topological polar surface area (TPSA) is 29.1 Å². The summed E-state index contributed by atoms with van der Waals surface area (Å²) in [6.45, 7) is 0.0240. The number of rotatable bonds is 3. The summed E-state index contributed by atoms with van der Waals surface area (Å²) >= 11 is 0. The highest BCUT2D eigenvalue weighted by molar-refractivity contribution is 5.79. The minimum atomic E-state index is -0.693. The maximum atomic E-state index is 12.9. The highest BCUT2D eigenvalue weighted by Gasteiger charge is 2.23. The lowest BCUT2D eigenvalue weighted by atomic mass is 9.90. The van der Waals surface area contributed by atoms with Gasteiger partial charge in [-0.3, -0.25) is 4.79 Å². The summed E-state index contributed by atoms with van der Waals surface area (Å²) in [7, 11) is 0. The number of benzene rings is 1. The Balaban J connectivity index is 2.14. The van der Waals surface area contributed by atoms with Crippen LogP contribution in [0.25, 0.3) is 0 Å². The maximum Gasteiger partial charge on any atom is 0.223 e. The van der Waals surface area contributed by atoms with Crippen molar-refractivity contribution in [2.75, 3.05) is 6.54 Å². The molecule has 1 heterocycles. The molecule has 2 rings (SSSR count). The normalized spacial score (nSPS) is 20.1. The summed E-state index contributed by atoms with van der Waals surface area (Å²) in [5.41, 5.74) is 1.08. The molecular weight excluding hydrogens is 224 g/mol. The van der Waals surface area contributed by atoms with Crippen LogP contribution in [0.5, 0.6) is 0 Å². The van der Waals surface area contributed by atoms with E-state index in [1.54, 1.807) is 6.07 Å². The monoisotopic (exact) mass is 239 g/mol. The summed E-state index contributed by atoms with van der Waals surface area (Å²) < 4.78 is 25.7. The second kappa shape index (κ2) is 5.25. The van der Waals surface area contributed by atoms with E-state index in [-0.39, 0.29) is 11.8 Å². The van der Waals surface area contributed by atoms with Crippen LogP contribution in [0.2, 0.25) is 0 Å². The van der Waals surface area contributed by atoms with Gasteiger partial charge >= 0.3 is 0 Å². The van der Waals surface area contributed by atoms with Crippen LogP contribution in [0.4, 0.5) is 8.78 Å². The third kappa shape index (κ3) is 2.81. The molecule has 1 aromatic carbocycles. The van der Waals surface area contributed by atoms with Crippen molar-refractivity contribution in [2.45, 2.75) is 25.9 Å². The molecule has 1 saturated heterocycles. The molecule has 0 aliphatic carbocycles. The SMILES string of the molecule is O=C1NCCCC1Cc1ccc(F)cc1CF. The molecule has 0 bridgehead atoms. The van der Waals surface area contributed by atoms with Crippen molar-refractivity contribution < 1.29 is 13.6 Å². The van der Waals surface area contributed by atoms with Crippen molar-refractivity contribution in [3.8, 4) is 0 Å². The number of amides is 1. The molecule has 1 aliphatic heterocycles. The Hall–Kier alpha value is -1.45. The molecule has 4 heteroatoms. The molecule has 1 fully saturated rings. The highest BCUT2D eigenvalue weighted by atomic mass is 19.1. The largest absolute Gasteiger partial charge is 0.356 e. The summed E-state index contributed by atoms with van der Waals surface area (Å²) in [6.07, 6.45) is 2.25. The van der Waals surface area contributed by atoms with E-state index >= 15 is 0 Å². The molecule has 1 unspecified atom stereocenters. The maximum absolute atomic E-state index is 12.9. The Bertz CT molecular complexity index is 420. The molecule has 1 aromatic rings. The smallest absolute Gasteiger partial charge is 0.223 e. The van der Waals surface area contributed by atoms with Gasteiger partial charge in [-0.2, -0.15) is 0 Å². The Labute approximate surface area is 99.0 Å². The van der Waals surface area contributed by atoms with E-state index in [2.05, 4.69) is 5.32 Å². The fourth-order valence-corrected chi connectivity index (χ4v) is 2.21. The van der Waals surface area contributed by atoms with Crippen molar-refractivity contribution in [1.82, 2.24) is 5.32 Å². The number of halogens is 2. The molecule has 2 nitrogen and oxygen atoms in total. The van der Waals surface area contributed by atoms with Crippen LogP contribution in [-0.2, 0) is 17.9 Å². The molecule has 1 atom stereocenters. The number of carbonyl (C=O) groups excluding carboxylic acids is 1. The van der Waals surface area contributed by atoms with Crippen LogP contribution in [0.1, 0.15) is 24.0 Å². The van der Waals surface area contributed by atoms with E-state index in [0.29, 0.717) is 18.5 Å². The fraction of sp³-hybridized carbons (Fsp3) is 0.462. The zero-order valence-corrected chi connectivity index (χ0v) is 9.51. The summed E-state index contributed by atoms with van der Waals surface area (Å²) in [5, 5.41) is 2.79. The second-order valence-corrected chi connectivity index (χ2v) is 4.38. The average Bonchev–Trinajstić information content (AvgIpc) is 2.34. The predicted molar refractivity (Wildman–Crippen MR) is 60.6 cm³/mol. The predicted octanol–water partition coefficient (Wildman–Crippen LogP) is 2.36. The second-order valence-electron chi connectivity index (χ2n) is 4.38. The minimum Gasteiger partial charge on any atom is -0.356 e. The van der Waals surface area contributed by atoms with E-state index in [9.17, 15) is 13.6 Å². The van der Waals surface area contributed by atoms with E-state index in [4.69, 9.17) is 0 Å². The standard InChI is InChI=1S/C13H15F2NO/c14-8-11-7-12(15)4-3-9(11)6-10-2-1-5-16-13(10)17/h3-4,7,10H,1-2,5-6,8H2,(H,16,17). The van der Waals surface area contributed by atoms with Crippen molar-refractivity contribution in [3.63, 3.8) is 0 Å². The van der Waals surface area contributed by atoms with Gasteiger partial charge in [0.25, 0.3) is 0 Å². The van der Waals surface area contributed by atoms with Crippen molar-refractivity contribution in [3.05, 3.63) is 35.1 Å². The molecule has 17 heavy (non-hydrogen) atoms. The van der Waals surface area contributed by atoms with Gasteiger partial charge in [0.2, 0.25) is 5.91 Å². The molecule has 0 aromatic heterocycles. The van der Waals surface area contributed by atoms with Crippen LogP contribution in [0.15, 0.2) is 18.2 Å². The number of carbonyl (C=O) groups is 1. The lowest BCUT2D eigenvalue weighted by molar-refractivity contribution is -0.126. The highest BCUT2D eigenvalue weighted by Crippen LogP contribution is 2.21. The lowest BCUT2D eigenvalue weighted by Gasteiger charge is -2.22. The van der Waals surface area contributed by atoms with Crippen LogP contribution in [-0.4, -0.2) is 12.5 Å².